The van der Waals surface area contributed by atoms with Crippen LogP contribution in [0.3, 0.4) is 0 Å². The van der Waals surface area contributed by atoms with Crippen molar-refractivity contribution in [2.24, 2.45) is 5.10 Å². The molecule has 0 spiro atoms. The van der Waals surface area contributed by atoms with E-state index in [9.17, 15) is 0 Å². The van der Waals surface area contributed by atoms with Gasteiger partial charge in [-0.3, -0.25) is 0 Å². The van der Waals surface area contributed by atoms with Crippen LogP contribution in [0.5, 0.6) is 0 Å². The summed E-state index contributed by atoms with van der Waals surface area (Å²) < 4.78 is 0. The average molecular weight is 344 g/mol. The summed E-state index contributed by atoms with van der Waals surface area (Å²) in [5.41, 5.74) is 5.00. The summed E-state index contributed by atoms with van der Waals surface area (Å²) in [4.78, 5) is 4.35. The summed E-state index contributed by atoms with van der Waals surface area (Å²) >= 11 is 12.1. The van der Waals surface area contributed by atoms with E-state index in [4.69, 9.17) is 23.2 Å². The van der Waals surface area contributed by atoms with Gasteiger partial charge in [0.05, 0.1) is 28.2 Å². The maximum absolute atomic E-state index is 6.07. The predicted molar refractivity (Wildman–Crippen MR) is 92.9 cm³/mol. The van der Waals surface area contributed by atoms with Gasteiger partial charge in [0.2, 0.25) is 0 Å². The Bertz CT molecular complexity index is 817. The van der Waals surface area contributed by atoms with Crippen LogP contribution in [0.25, 0.3) is 11.3 Å². The third-order valence-corrected chi connectivity index (χ3v) is 3.65. The molecule has 0 fully saturated rings. The number of anilines is 1. The van der Waals surface area contributed by atoms with Crippen LogP contribution < -0.4 is 5.43 Å². The molecule has 0 saturated heterocycles. The molecule has 3 aromatic rings. The van der Waals surface area contributed by atoms with E-state index in [1.54, 1.807) is 24.4 Å². The van der Waals surface area contributed by atoms with Crippen LogP contribution in [-0.2, 0) is 0 Å². The van der Waals surface area contributed by atoms with E-state index in [-0.39, 0.29) is 5.95 Å². The fourth-order valence-electron chi connectivity index (χ4n) is 1.89. The lowest BCUT2D eigenvalue weighted by Crippen LogP contribution is -2.00. The minimum absolute atomic E-state index is 0.283. The Balaban J connectivity index is 1.78. The normalized spacial score (nSPS) is 10.9. The summed E-state index contributed by atoms with van der Waals surface area (Å²) in [5, 5.41) is 12.9. The molecule has 23 heavy (non-hydrogen) atoms. The van der Waals surface area contributed by atoms with Gasteiger partial charge in [-0.1, -0.05) is 59.6 Å². The van der Waals surface area contributed by atoms with Crippen molar-refractivity contribution in [2.45, 2.75) is 0 Å². The zero-order valence-corrected chi connectivity index (χ0v) is 13.3. The molecule has 0 aliphatic rings. The van der Waals surface area contributed by atoms with Crippen molar-refractivity contribution in [2.75, 3.05) is 5.43 Å². The SMILES string of the molecule is Clc1cccc(Cl)c1/C=N\Nc1nncc(-c2ccccc2)n1. The average Bonchev–Trinajstić information content (AvgIpc) is 2.59. The van der Waals surface area contributed by atoms with Gasteiger partial charge in [-0.2, -0.15) is 10.2 Å². The molecular formula is C16H11Cl2N5. The molecule has 0 aliphatic heterocycles. The summed E-state index contributed by atoms with van der Waals surface area (Å²) in [6.07, 6.45) is 3.11. The maximum Gasteiger partial charge on any atom is 0.263 e. The highest BCUT2D eigenvalue weighted by Gasteiger charge is 2.04. The Kier molecular flexibility index (Phi) is 4.80. The van der Waals surface area contributed by atoms with Crippen LogP contribution in [0.15, 0.2) is 59.8 Å². The maximum atomic E-state index is 6.07. The van der Waals surface area contributed by atoms with Crippen molar-refractivity contribution in [1.29, 1.82) is 0 Å². The third kappa shape index (κ3) is 3.83. The number of hydrogen-bond acceptors (Lipinski definition) is 5. The topological polar surface area (TPSA) is 63.1 Å². The highest BCUT2D eigenvalue weighted by atomic mass is 35.5. The van der Waals surface area contributed by atoms with Crippen LogP contribution in [0.1, 0.15) is 5.56 Å². The Morgan fingerprint density at radius 3 is 2.43 bits per heavy atom. The summed E-state index contributed by atoms with van der Waals surface area (Å²) in [5.74, 6) is 0.283. The number of nitrogens with one attached hydrogen (secondary N) is 1. The molecule has 1 N–H and O–H groups in total. The molecule has 0 amide bonds. The number of hydrazone groups is 1. The fraction of sp³-hybridized carbons (Fsp3) is 0. The largest absolute Gasteiger partial charge is 0.263 e. The molecule has 2 aromatic carbocycles. The van der Waals surface area contributed by atoms with Crippen LogP contribution in [0, 0.1) is 0 Å². The number of aromatic nitrogens is 3. The molecule has 0 atom stereocenters. The number of halogens is 2. The molecule has 7 heteroatoms. The van der Waals surface area contributed by atoms with Crippen LogP contribution >= 0.6 is 23.2 Å². The molecule has 1 heterocycles. The first kappa shape index (κ1) is 15.4. The van der Waals surface area contributed by atoms with Crippen molar-refractivity contribution in [3.05, 3.63) is 70.3 Å². The number of nitrogens with zero attached hydrogens (tertiary/aromatic N) is 4. The van der Waals surface area contributed by atoms with E-state index < -0.39 is 0 Å². The van der Waals surface area contributed by atoms with Gasteiger partial charge in [0.1, 0.15) is 0 Å². The first-order chi connectivity index (χ1) is 11.2. The molecule has 114 valence electrons. The molecule has 0 radical (unpaired) electrons. The van der Waals surface area contributed by atoms with Crippen molar-refractivity contribution in [1.82, 2.24) is 15.2 Å². The Morgan fingerprint density at radius 1 is 0.957 bits per heavy atom. The van der Waals surface area contributed by atoms with Crippen LogP contribution in [-0.4, -0.2) is 21.4 Å². The van der Waals surface area contributed by atoms with E-state index in [2.05, 4.69) is 25.7 Å². The molecule has 0 aliphatic carbocycles. The second-order valence-electron chi connectivity index (χ2n) is 4.54. The second kappa shape index (κ2) is 7.17. The quantitative estimate of drug-likeness (QED) is 0.566. The van der Waals surface area contributed by atoms with Gasteiger partial charge >= 0.3 is 0 Å². The van der Waals surface area contributed by atoms with Crippen LogP contribution in [0.4, 0.5) is 5.95 Å². The van der Waals surface area contributed by atoms with E-state index in [0.717, 1.165) is 5.56 Å². The Hall–Kier alpha value is -2.50. The first-order valence-electron chi connectivity index (χ1n) is 6.72. The molecule has 3 rings (SSSR count). The van der Waals surface area contributed by atoms with Gasteiger partial charge in [-0.25, -0.2) is 10.4 Å². The molecule has 5 nitrogen and oxygen atoms in total. The number of benzene rings is 2. The van der Waals surface area contributed by atoms with Gasteiger partial charge in [0.25, 0.3) is 5.95 Å². The zero-order valence-electron chi connectivity index (χ0n) is 11.8. The first-order valence-corrected chi connectivity index (χ1v) is 7.48. The van der Waals surface area contributed by atoms with Crippen molar-refractivity contribution in [3.63, 3.8) is 0 Å². The van der Waals surface area contributed by atoms with Gasteiger partial charge in [0, 0.05) is 11.1 Å². The van der Waals surface area contributed by atoms with Crippen molar-refractivity contribution >= 4 is 35.4 Å². The molecule has 0 unspecified atom stereocenters. The smallest absolute Gasteiger partial charge is 0.244 e. The highest BCUT2D eigenvalue weighted by Crippen LogP contribution is 2.22. The standard InChI is InChI=1S/C16H11Cl2N5/c17-13-7-4-8-14(18)12(13)9-19-22-16-21-15(10-20-23-16)11-5-2-1-3-6-11/h1-10H,(H,21,22,23)/b19-9-. The van der Waals surface area contributed by atoms with Gasteiger partial charge < -0.3 is 0 Å². The van der Waals surface area contributed by atoms with Gasteiger partial charge in [-0.15, -0.1) is 5.10 Å². The molecule has 0 saturated carbocycles. The lowest BCUT2D eigenvalue weighted by Gasteiger charge is -2.03. The molecule has 0 bridgehead atoms. The third-order valence-electron chi connectivity index (χ3n) is 2.99. The Morgan fingerprint density at radius 2 is 1.70 bits per heavy atom. The number of rotatable bonds is 4. The molecule has 1 aromatic heterocycles. The van der Waals surface area contributed by atoms with E-state index in [0.29, 0.717) is 21.3 Å². The summed E-state index contributed by atoms with van der Waals surface area (Å²) in [6.45, 7) is 0. The van der Waals surface area contributed by atoms with Gasteiger partial charge in [-0.05, 0) is 12.1 Å². The van der Waals surface area contributed by atoms with E-state index in [1.807, 2.05) is 30.3 Å². The minimum atomic E-state index is 0.283. The Labute approximate surface area is 143 Å². The fourth-order valence-corrected chi connectivity index (χ4v) is 2.38. The molecular weight excluding hydrogens is 333 g/mol. The zero-order chi connectivity index (χ0) is 16.1. The summed E-state index contributed by atoms with van der Waals surface area (Å²) in [6, 6.07) is 14.9. The van der Waals surface area contributed by atoms with E-state index in [1.165, 1.54) is 6.21 Å². The van der Waals surface area contributed by atoms with Crippen molar-refractivity contribution in [3.8, 4) is 11.3 Å². The van der Waals surface area contributed by atoms with Gasteiger partial charge in [0.15, 0.2) is 0 Å². The second-order valence-corrected chi connectivity index (χ2v) is 5.35. The summed E-state index contributed by atoms with van der Waals surface area (Å²) in [7, 11) is 0. The monoisotopic (exact) mass is 343 g/mol. The van der Waals surface area contributed by atoms with Crippen LogP contribution in [0.2, 0.25) is 10.0 Å². The highest BCUT2D eigenvalue weighted by molar-refractivity contribution is 6.38. The van der Waals surface area contributed by atoms with E-state index >= 15 is 0 Å². The van der Waals surface area contributed by atoms with Crippen molar-refractivity contribution < 1.29 is 0 Å². The lowest BCUT2D eigenvalue weighted by atomic mass is 10.2. The predicted octanol–water partition coefficient (Wildman–Crippen LogP) is 4.29. The minimum Gasteiger partial charge on any atom is -0.244 e. The number of hydrogen-bond donors (Lipinski definition) is 1. The lowest BCUT2D eigenvalue weighted by molar-refractivity contribution is 0.967.